The van der Waals surface area contributed by atoms with Crippen LogP contribution in [0.15, 0.2) is 12.1 Å². The Hall–Kier alpha value is -0.640. The third kappa shape index (κ3) is 2.59. The van der Waals surface area contributed by atoms with E-state index in [2.05, 4.69) is 16.8 Å². The van der Waals surface area contributed by atoms with Crippen molar-refractivity contribution in [1.29, 1.82) is 0 Å². The van der Waals surface area contributed by atoms with Crippen molar-refractivity contribution in [3.63, 3.8) is 0 Å². The van der Waals surface area contributed by atoms with E-state index in [1.165, 1.54) is 25.8 Å². The summed E-state index contributed by atoms with van der Waals surface area (Å²) in [6, 6.07) is 4.40. The summed E-state index contributed by atoms with van der Waals surface area (Å²) in [6.07, 6.45) is 3.80. The Labute approximate surface area is 130 Å². The number of nitrogen functional groups attached to an aromatic ring is 1. The Morgan fingerprint density at radius 1 is 1.15 bits per heavy atom. The van der Waals surface area contributed by atoms with Crippen molar-refractivity contribution in [1.82, 2.24) is 4.90 Å². The molecule has 0 bridgehead atoms. The van der Waals surface area contributed by atoms with Crippen LogP contribution < -0.4 is 10.6 Å². The van der Waals surface area contributed by atoms with Crippen molar-refractivity contribution in [3.05, 3.63) is 22.2 Å². The summed E-state index contributed by atoms with van der Waals surface area (Å²) in [7, 11) is 2.25. The van der Waals surface area contributed by atoms with Crippen LogP contribution in [0.3, 0.4) is 0 Å². The molecule has 3 rings (SSSR count). The van der Waals surface area contributed by atoms with Crippen molar-refractivity contribution < 1.29 is 0 Å². The lowest BCUT2D eigenvalue weighted by molar-refractivity contribution is 0.102. The Kier molecular flexibility index (Phi) is 4.02. The van der Waals surface area contributed by atoms with Crippen LogP contribution in [0.5, 0.6) is 0 Å². The third-order valence-electron chi connectivity index (χ3n) is 4.76. The van der Waals surface area contributed by atoms with E-state index in [1.54, 1.807) is 6.07 Å². The summed E-state index contributed by atoms with van der Waals surface area (Å²) in [6.45, 7) is 3.33. The zero-order chi connectivity index (χ0) is 14.3. The fourth-order valence-corrected chi connectivity index (χ4v) is 4.03. The highest BCUT2D eigenvalue weighted by Gasteiger charge is 2.34. The van der Waals surface area contributed by atoms with E-state index in [1.807, 2.05) is 6.07 Å². The van der Waals surface area contributed by atoms with Gasteiger partial charge in [-0.05, 0) is 50.9 Å². The molecule has 2 saturated heterocycles. The minimum Gasteiger partial charge on any atom is -0.397 e. The van der Waals surface area contributed by atoms with Gasteiger partial charge in [0.25, 0.3) is 0 Å². The number of anilines is 2. The molecule has 1 aromatic carbocycles. The molecular weight excluding hydrogens is 293 g/mol. The van der Waals surface area contributed by atoms with Gasteiger partial charge in [-0.25, -0.2) is 0 Å². The standard InChI is InChI=1S/C15H21Cl2N3/c1-19-5-2-3-10-9-20(6-4-14(10)19)15-8-12(17)11(16)7-13(15)18/h7-8,10,14H,2-6,9,18H2,1H3. The monoisotopic (exact) mass is 313 g/mol. The van der Waals surface area contributed by atoms with Gasteiger partial charge < -0.3 is 15.5 Å². The Morgan fingerprint density at radius 2 is 1.90 bits per heavy atom. The first kappa shape index (κ1) is 14.3. The topological polar surface area (TPSA) is 32.5 Å². The van der Waals surface area contributed by atoms with Crippen molar-refractivity contribution in [2.45, 2.75) is 25.3 Å². The first-order valence-corrected chi connectivity index (χ1v) is 8.01. The fraction of sp³-hybridized carbons (Fsp3) is 0.600. The molecule has 0 amide bonds. The van der Waals surface area contributed by atoms with Crippen LogP contribution in [0.2, 0.25) is 10.0 Å². The van der Waals surface area contributed by atoms with Gasteiger partial charge in [0.1, 0.15) is 0 Å². The van der Waals surface area contributed by atoms with Crippen LogP contribution in [0, 0.1) is 5.92 Å². The van der Waals surface area contributed by atoms with Crippen LogP contribution in [-0.2, 0) is 0 Å². The molecule has 2 N–H and O–H groups in total. The normalized spacial score (nSPS) is 27.4. The van der Waals surface area contributed by atoms with Gasteiger partial charge in [0.15, 0.2) is 0 Å². The molecule has 0 aromatic heterocycles. The number of likely N-dealkylation sites (tertiary alicyclic amines) is 1. The van der Waals surface area contributed by atoms with Crippen LogP contribution in [-0.4, -0.2) is 37.6 Å². The maximum atomic E-state index is 6.14. The molecule has 2 unspecified atom stereocenters. The van der Waals surface area contributed by atoms with Gasteiger partial charge in [0.2, 0.25) is 0 Å². The number of hydrogen-bond acceptors (Lipinski definition) is 3. The maximum absolute atomic E-state index is 6.14. The van der Waals surface area contributed by atoms with E-state index in [4.69, 9.17) is 28.9 Å². The summed E-state index contributed by atoms with van der Waals surface area (Å²) >= 11 is 12.2. The summed E-state index contributed by atoms with van der Waals surface area (Å²) in [5.41, 5.74) is 7.88. The zero-order valence-corrected chi connectivity index (χ0v) is 13.3. The SMILES string of the molecule is CN1CCCC2CN(c3cc(Cl)c(Cl)cc3N)CCC21. The van der Waals surface area contributed by atoms with Crippen molar-refractivity contribution in [2.24, 2.45) is 5.92 Å². The summed E-state index contributed by atoms with van der Waals surface area (Å²) in [5.74, 6) is 0.733. The van der Waals surface area contributed by atoms with Gasteiger partial charge in [-0.2, -0.15) is 0 Å². The molecule has 0 saturated carbocycles. The molecular formula is C15H21Cl2N3. The first-order valence-electron chi connectivity index (χ1n) is 7.26. The van der Waals surface area contributed by atoms with Gasteiger partial charge in [-0.1, -0.05) is 23.2 Å². The van der Waals surface area contributed by atoms with Crippen molar-refractivity contribution in [3.8, 4) is 0 Å². The van der Waals surface area contributed by atoms with Crippen molar-refractivity contribution >= 4 is 34.6 Å². The quantitative estimate of drug-likeness (QED) is 0.805. The highest BCUT2D eigenvalue weighted by atomic mass is 35.5. The lowest BCUT2D eigenvalue weighted by Gasteiger charge is -2.46. The van der Waals surface area contributed by atoms with Gasteiger partial charge in [0.05, 0.1) is 21.4 Å². The molecule has 0 aliphatic carbocycles. The molecule has 2 heterocycles. The van der Waals surface area contributed by atoms with E-state index in [0.717, 1.165) is 36.4 Å². The fourth-order valence-electron chi connectivity index (χ4n) is 3.70. The summed E-state index contributed by atoms with van der Waals surface area (Å²) in [5, 5.41) is 1.11. The number of rotatable bonds is 1. The number of benzene rings is 1. The number of nitrogens with two attached hydrogens (primary N) is 1. The average Bonchev–Trinajstić information content (AvgIpc) is 2.43. The largest absolute Gasteiger partial charge is 0.397 e. The van der Waals surface area contributed by atoms with Crippen LogP contribution in [0.25, 0.3) is 0 Å². The minimum absolute atomic E-state index is 0.528. The van der Waals surface area contributed by atoms with Gasteiger partial charge >= 0.3 is 0 Å². The van der Waals surface area contributed by atoms with E-state index < -0.39 is 0 Å². The lowest BCUT2D eigenvalue weighted by Crippen LogP contribution is -2.52. The molecule has 0 radical (unpaired) electrons. The smallest absolute Gasteiger partial charge is 0.0616 e. The second-order valence-corrected chi connectivity index (χ2v) is 6.82. The molecule has 0 spiro atoms. The van der Waals surface area contributed by atoms with Gasteiger partial charge in [0, 0.05) is 19.1 Å². The Balaban J connectivity index is 1.81. The van der Waals surface area contributed by atoms with E-state index in [-0.39, 0.29) is 0 Å². The number of halogens is 2. The number of piperidine rings is 2. The van der Waals surface area contributed by atoms with Crippen LogP contribution in [0.1, 0.15) is 19.3 Å². The molecule has 2 aliphatic heterocycles. The highest BCUT2D eigenvalue weighted by Crippen LogP contribution is 2.37. The average molecular weight is 314 g/mol. The zero-order valence-electron chi connectivity index (χ0n) is 11.8. The Bertz CT molecular complexity index is 506. The van der Waals surface area contributed by atoms with Gasteiger partial charge in [-0.3, -0.25) is 0 Å². The predicted octanol–water partition coefficient (Wildman–Crippen LogP) is 3.50. The second kappa shape index (κ2) is 5.63. The maximum Gasteiger partial charge on any atom is 0.0616 e. The van der Waals surface area contributed by atoms with Crippen LogP contribution >= 0.6 is 23.2 Å². The molecule has 2 atom stereocenters. The minimum atomic E-state index is 0.528. The lowest BCUT2D eigenvalue weighted by atomic mass is 9.84. The molecule has 5 heteroatoms. The highest BCUT2D eigenvalue weighted by molar-refractivity contribution is 6.42. The molecule has 1 aromatic rings. The van der Waals surface area contributed by atoms with Crippen molar-refractivity contribution in [2.75, 3.05) is 37.3 Å². The number of fused-ring (bicyclic) bond motifs is 1. The van der Waals surface area contributed by atoms with Crippen LogP contribution in [0.4, 0.5) is 11.4 Å². The number of hydrogen-bond donors (Lipinski definition) is 1. The van der Waals surface area contributed by atoms with E-state index in [0.29, 0.717) is 10.0 Å². The molecule has 110 valence electrons. The Morgan fingerprint density at radius 3 is 2.70 bits per heavy atom. The summed E-state index contributed by atoms with van der Waals surface area (Å²) in [4.78, 5) is 4.89. The first-order chi connectivity index (χ1) is 9.56. The summed E-state index contributed by atoms with van der Waals surface area (Å²) < 4.78 is 0. The van der Waals surface area contributed by atoms with E-state index in [9.17, 15) is 0 Å². The predicted molar refractivity (Wildman–Crippen MR) is 86.8 cm³/mol. The second-order valence-electron chi connectivity index (χ2n) is 6.01. The third-order valence-corrected chi connectivity index (χ3v) is 5.48. The molecule has 3 nitrogen and oxygen atoms in total. The molecule has 2 aliphatic rings. The molecule has 2 fully saturated rings. The van der Waals surface area contributed by atoms with Gasteiger partial charge in [-0.15, -0.1) is 0 Å². The number of nitrogens with zero attached hydrogens (tertiary/aromatic N) is 2. The molecule has 20 heavy (non-hydrogen) atoms. The van der Waals surface area contributed by atoms with E-state index >= 15 is 0 Å².